The molecule has 1 heterocycles. The van der Waals surface area contributed by atoms with Crippen LogP contribution >= 0.6 is 0 Å². The van der Waals surface area contributed by atoms with Gasteiger partial charge < -0.3 is 19.7 Å². The zero-order valence-corrected chi connectivity index (χ0v) is 15.2. The molecule has 3 rings (SSSR count). The first kappa shape index (κ1) is 18.4. The topological polar surface area (TPSA) is 84.9 Å². The highest BCUT2D eigenvalue weighted by Gasteiger charge is 2.16. The van der Waals surface area contributed by atoms with Crippen molar-refractivity contribution in [2.24, 2.45) is 0 Å². The molecule has 2 aromatic rings. The number of hydrogen-bond acceptors (Lipinski definition) is 5. The minimum absolute atomic E-state index is 0.0825. The van der Waals surface area contributed by atoms with E-state index in [2.05, 4.69) is 5.32 Å². The molecule has 0 saturated heterocycles. The van der Waals surface area contributed by atoms with Crippen molar-refractivity contribution in [1.29, 1.82) is 0 Å². The summed E-state index contributed by atoms with van der Waals surface area (Å²) >= 11 is 0. The summed E-state index contributed by atoms with van der Waals surface area (Å²) in [4.78, 5) is 37.3. The Hall–Kier alpha value is -3.35. The van der Waals surface area contributed by atoms with Gasteiger partial charge >= 0.3 is 0 Å². The highest BCUT2D eigenvalue weighted by Crippen LogP contribution is 2.34. The van der Waals surface area contributed by atoms with Crippen LogP contribution in [0.3, 0.4) is 0 Å². The zero-order chi connectivity index (χ0) is 19.4. The summed E-state index contributed by atoms with van der Waals surface area (Å²) in [7, 11) is 0. The minimum Gasteiger partial charge on any atom is -0.454 e. The first-order chi connectivity index (χ1) is 12.9. The minimum atomic E-state index is -0.233. The number of fused-ring (bicyclic) bond motifs is 1. The average molecular weight is 368 g/mol. The van der Waals surface area contributed by atoms with E-state index in [9.17, 15) is 14.4 Å². The molecule has 1 aliphatic rings. The Morgan fingerprint density at radius 2 is 1.81 bits per heavy atom. The molecule has 140 valence electrons. The van der Waals surface area contributed by atoms with Crippen LogP contribution in [0.5, 0.6) is 11.5 Å². The van der Waals surface area contributed by atoms with E-state index in [0.717, 1.165) is 0 Å². The van der Waals surface area contributed by atoms with Crippen molar-refractivity contribution in [2.75, 3.05) is 23.6 Å². The molecule has 0 saturated carbocycles. The molecule has 7 nitrogen and oxygen atoms in total. The third kappa shape index (κ3) is 4.44. The van der Waals surface area contributed by atoms with E-state index in [-0.39, 0.29) is 37.4 Å². The molecule has 0 spiro atoms. The van der Waals surface area contributed by atoms with Gasteiger partial charge in [-0.1, -0.05) is 12.1 Å². The number of carbonyl (C=O) groups is 3. The molecule has 0 aliphatic carbocycles. The second-order valence-electron chi connectivity index (χ2n) is 6.14. The molecular weight excluding hydrogens is 348 g/mol. The molecule has 0 aromatic heterocycles. The number of amides is 2. The maximum Gasteiger partial charge on any atom is 0.231 e. The Labute approximate surface area is 156 Å². The standard InChI is InChI=1S/C20H20N2O5/c1-13(23)15-4-3-5-17(10-15)22(14(2)24)9-8-20(25)21-16-6-7-18-19(11-16)27-12-26-18/h3-7,10-11H,8-9,12H2,1-2H3,(H,21,25). The van der Waals surface area contributed by atoms with Gasteiger partial charge in [0.15, 0.2) is 17.3 Å². The summed E-state index contributed by atoms with van der Waals surface area (Å²) in [5.41, 5.74) is 1.70. The second kappa shape index (κ2) is 7.90. The van der Waals surface area contributed by atoms with Crippen molar-refractivity contribution in [3.05, 3.63) is 48.0 Å². The van der Waals surface area contributed by atoms with E-state index in [0.29, 0.717) is 28.4 Å². The predicted octanol–water partition coefficient (Wildman–Crippen LogP) is 3.00. The third-order valence-corrected chi connectivity index (χ3v) is 4.16. The molecular formula is C20H20N2O5. The number of nitrogens with zero attached hydrogens (tertiary/aromatic N) is 1. The number of hydrogen-bond donors (Lipinski definition) is 1. The van der Waals surface area contributed by atoms with Crippen LogP contribution in [0.1, 0.15) is 30.6 Å². The van der Waals surface area contributed by atoms with E-state index in [1.807, 2.05) is 0 Å². The van der Waals surface area contributed by atoms with Crippen LogP contribution in [0, 0.1) is 0 Å². The lowest BCUT2D eigenvalue weighted by molar-refractivity contribution is -0.117. The first-order valence-electron chi connectivity index (χ1n) is 8.52. The van der Waals surface area contributed by atoms with Crippen molar-refractivity contribution in [3.8, 4) is 11.5 Å². The van der Waals surface area contributed by atoms with Gasteiger partial charge in [-0.2, -0.15) is 0 Å². The largest absolute Gasteiger partial charge is 0.454 e. The number of Topliss-reactive ketones (excluding diaryl/α,β-unsaturated/α-hetero) is 1. The van der Waals surface area contributed by atoms with Gasteiger partial charge in [-0.25, -0.2) is 0 Å². The molecule has 0 bridgehead atoms. The van der Waals surface area contributed by atoms with Crippen molar-refractivity contribution in [3.63, 3.8) is 0 Å². The number of carbonyl (C=O) groups excluding carboxylic acids is 3. The quantitative estimate of drug-likeness (QED) is 0.793. The number of anilines is 2. The van der Waals surface area contributed by atoms with Crippen LogP contribution in [-0.4, -0.2) is 30.9 Å². The molecule has 0 unspecified atom stereocenters. The number of rotatable bonds is 6. The van der Waals surface area contributed by atoms with Gasteiger partial charge in [0.2, 0.25) is 18.6 Å². The average Bonchev–Trinajstić information content (AvgIpc) is 3.09. The number of nitrogens with one attached hydrogen (secondary N) is 1. The van der Waals surface area contributed by atoms with Crippen molar-refractivity contribution in [1.82, 2.24) is 0 Å². The summed E-state index contributed by atoms with van der Waals surface area (Å²) in [5, 5.41) is 2.78. The Bertz CT molecular complexity index is 894. The Morgan fingerprint density at radius 1 is 1.04 bits per heavy atom. The normalized spacial score (nSPS) is 11.8. The Kier molecular flexibility index (Phi) is 5.40. The van der Waals surface area contributed by atoms with Crippen molar-refractivity contribution >= 4 is 29.0 Å². The van der Waals surface area contributed by atoms with Gasteiger partial charge in [0.05, 0.1) is 0 Å². The van der Waals surface area contributed by atoms with Gasteiger partial charge in [0.1, 0.15) is 0 Å². The number of ketones is 1. The van der Waals surface area contributed by atoms with Crippen molar-refractivity contribution in [2.45, 2.75) is 20.3 Å². The van der Waals surface area contributed by atoms with E-state index >= 15 is 0 Å². The van der Waals surface area contributed by atoms with E-state index in [1.54, 1.807) is 42.5 Å². The number of ether oxygens (including phenoxy) is 2. The maximum absolute atomic E-state index is 12.3. The van der Waals surface area contributed by atoms with Crippen molar-refractivity contribution < 1.29 is 23.9 Å². The lowest BCUT2D eigenvalue weighted by atomic mass is 10.1. The fourth-order valence-electron chi connectivity index (χ4n) is 2.77. The molecule has 0 atom stereocenters. The summed E-state index contributed by atoms with van der Waals surface area (Å²) in [6.45, 7) is 3.26. The van der Waals surface area contributed by atoms with E-state index < -0.39 is 0 Å². The molecule has 2 amide bonds. The van der Waals surface area contributed by atoms with Gasteiger partial charge in [0.25, 0.3) is 0 Å². The van der Waals surface area contributed by atoms with Crippen LogP contribution in [0.25, 0.3) is 0 Å². The van der Waals surface area contributed by atoms with Crippen LogP contribution in [0.4, 0.5) is 11.4 Å². The fourth-order valence-corrected chi connectivity index (χ4v) is 2.77. The third-order valence-electron chi connectivity index (χ3n) is 4.16. The van der Waals surface area contributed by atoms with E-state index in [4.69, 9.17) is 9.47 Å². The summed E-state index contributed by atoms with van der Waals surface area (Å²) in [5.74, 6) is 0.704. The smallest absolute Gasteiger partial charge is 0.231 e. The fraction of sp³-hybridized carbons (Fsp3) is 0.250. The summed E-state index contributed by atoms with van der Waals surface area (Å²) < 4.78 is 10.5. The SMILES string of the molecule is CC(=O)c1cccc(N(CCC(=O)Nc2ccc3c(c2)OCO3)C(C)=O)c1. The van der Waals surface area contributed by atoms with Crippen LogP contribution in [0.2, 0.25) is 0 Å². The molecule has 0 radical (unpaired) electrons. The van der Waals surface area contributed by atoms with Gasteiger partial charge in [-0.3, -0.25) is 14.4 Å². The molecule has 7 heteroatoms. The van der Waals surface area contributed by atoms with Gasteiger partial charge in [-0.05, 0) is 31.2 Å². The maximum atomic E-state index is 12.3. The highest BCUT2D eigenvalue weighted by atomic mass is 16.7. The molecule has 0 fully saturated rings. The molecule has 1 N–H and O–H groups in total. The molecule has 1 aliphatic heterocycles. The summed E-state index contributed by atoms with van der Waals surface area (Å²) in [6, 6.07) is 11.9. The molecule has 2 aromatic carbocycles. The Balaban J connectivity index is 1.64. The van der Waals surface area contributed by atoms with Crippen LogP contribution in [-0.2, 0) is 9.59 Å². The highest BCUT2D eigenvalue weighted by molar-refractivity contribution is 5.98. The summed E-state index contributed by atoms with van der Waals surface area (Å²) in [6.07, 6.45) is 0.109. The second-order valence-corrected chi connectivity index (χ2v) is 6.14. The Morgan fingerprint density at radius 3 is 2.56 bits per heavy atom. The van der Waals surface area contributed by atoms with E-state index in [1.165, 1.54) is 18.7 Å². The zero-order valence-electron chi connectivity index (χ0n) is 15.2. The van der Waals surface area contributed by atoms with Crippen LogP contribution < -0.4 is 19.7 Å². The lowest BCUT2D eigenvalue weighted by Crippen LogP contribution is -2.32. The monoisotopic (exact) mass is 368 g/mol. The van der Waals surface area contributed by atoms with Gasteiger partial charge in [-0.15, -0.1) is 0 Å². The lowest BCUT2D eigenvalue weighted by Gasteiger charge is -2.21. The van der Waals surface area contributed by atoms with Crippen LogP contribution in [0.15, 0.2) is 42.5 Å². The predicted molar refractivity (Wildman–Crippen MR) is 100 cm³/mol. The van der Waals surface area contributed by atoms with Gasteiger partial charge in [0, 0.05) is 42.9 Å². The number of benzene rings is 2. The first-order valence-corrected chi connectivity index (χ1v) is 8.52. The molecule has 27 heavy (non-hydrogen) atoms.